The van der Waals surface area contributed by atoms with Gasteiger partial charge in [0, 0.05) is 18.9 Å². The quantitative estimate of drug-likeness (QED) is 0.758. The van der Waals surface area contributed by atoms with Crippen LogP contribution in [0.4, 0.5) is 5.82 Å². The highest BCUT2D eigenvalue weighted by Gasteiger charge is 2.20. The molecule has 24 heavy (non-hydrogen) atoms. The van der Waals surface area contributed by atoms with E-state index in [1.807, 2.05) is 28.9 Å². The van der Waals surface area contributed by atoms with Crippen molar-refractivity contribution < 1.29 is 4.79 Å². The molecule has 0 bridgehead atoms. The predicted molar refractivity (Wildman–Crippen MR) is 96.3 cm³/mol. The summed E-state index contributed by atoms with van der Waals surface area (Å²) < 4.78 is 3.15. The van der Waals surface area contributed by atoms with Crippen LogP contribution < -0.4 is 5.32 Å². The molecule has 1 amide bonds. The maximum atomic E-state index is 12.3. The van der Waals surface area contributed by atoms with Crippen LogP contribution in [0.15, 0.2) is 36.5 Å². The number of aryl methyl sites for hydroxylation is 1. The summed E-state index contributed by atoms with van der Waals surface area (Å²) >= 11 is 1.66. The van der Waals surface area contributed by atoms with Gasteiger partial charge >= 0.3 is 0 Å². The number of carbonyl (C=O) groups excluding carboxylic acids is 1. The standard InChI is InChI=1S/C18H20N4OS/c23-17(9-10-18-20-14-7-3-4-8-15(14)24-18)21-16-11-12-19-22(16)13-5-1-2-6-13/h3-4,7-8,11-13H,1-2,5-6,9-10H2,(H,21,23). The Bertz CT molecular complexity index is 814. The highest BCUT2D eigenvalue weighted by atomic mass is 32.1. The lowest BCUT2D eigenvalue weighted by atomic mass is 10.2. The number of para-hydroxylation sites is 1. The second kappa shape index (κ2) is 6.73. The van der Waals surface area contributed by atoms with Gasteiger partial charge in [0.15, 0.2) is 0 Å². The van der Waals surface area contributed by atoms with Crippen molar-refractivity contribution in [3.05, 3.63) is 41.5 Å². The molecule has 1 aromatic carbocycles. The molecule has 0 atom stereocenters. The highest BCUT2D eigenvalue weighted by Crippen LogP contribution is 2.31. The van der Waals surface area contributed by atoms with Crippen molar-refractivity contribution in [1.82, 2.24) is 14.8 Å². The molecule has 4 rings (SSSR count). The summed E-state index contributed by atoms with van der Waals surface area (Å²) in [5.74, 6) is 0.838. The molecule has 6 heteroatoms. The van der Waals surface area contributed by atoms with E-state index in [-0.39, 0.29) is 5.91 Å². The zero-order valence-electron chi connectivity index (χ0n) is 13.4. The number of thiazole rings is 1. The second-order valence-corrected chi connectivity index (χ2v) is 7.34. The third kappa shape index (κ3) is 3.19. The Morgan fingerprint density at radius 1 is 1.25 bits per heavy atom. The van der Waals surface area contributed by atoms with E-state index in [2.05, 4.69) is 21.5 Å². The zero-order valence-corrected chi connectivity index (χ0v) is 14.3. The molecule has 0 radical (unpaired) electrons. The summed E-state index contributed by atoms with van der Waals surface area (Å²) in [5.41, 5.74) is 1.01. The van der Waals surface area contributed by atoms with Crippen molar-refractivity contribution in [2.75, 3.05) is 5.32 Å². The SMILES string of the molecule is O=C(CCc1nc2ccccc2s1)Nc1ccnn1C1CCCC1. The summed E-state index contributed by atoms with van der Waals surface area (Å²) in [4.78, 5) is 16.9. The van der Waals surface area contributed by atoms with Crippen LogP contribution in [0.3, 0.4) is 0 Å². The smallest absolute Gasteiger partial charge is 0.225 e. The van der Waals surface area contributed by atoms with Crippen LogP contribution in [-0.2, 0) is 11.2 Å². The van der Waals surface area contributed by atoms with Crippen molar-refractivity contribution in [2.24, 2.45) is 0 Å². The van der Waals surface area contributed by atoms with Crippen molar-refractivity contribution >= 4 is 33.3 Å². The van der Waals surface area contributed by atoms with Gasteiger partial charge < -0.3 is 5.32 Å². The molecule has 1 fully saturated rings. The lowest BCUT2D eigenvalue weighted by molar-refractivity contribution is -0.116. The molecule has 2 aromatic heterocycles. The van der Waals surface area contributed by atoms with Crippen LogP contribution in [0.2, 0.25) is 0 Å². The van der Waals surface area contributed by atoms with Gasteiger partial charge in [0.25, 0.3) is 0 Å². The minimum Gasteiger partial charge on any atom is -0.311 e. The van der Waals surface area contributed by atoms with E-state index >= 15 is 0 Å². The topological polar surface area (TPSA) is 59.8 Å². The highest BCUT2D eigenvalue weighted by molar-refractivity contribution is 7.18. The number of benzene rings is 1. The molecule has 0 aliphatic heterocycles. The number of nitrogens with one attached hydrogen (secondary N) is 1. The fraction of sp³-hybridized carbons (Fsp3) is 0.389. The van der Waals surface area contributed by atoms with Gasteiger partial charge in [-0.1, -0.05) is 25.0 Å². The van der Waals surface area contributed by atoms with Crippen LogP contribution in [0.1, 0.15) is 43.2 Å². The average molecular weight is 340 g/mol. The minimum absolute atomic E-state index is 0.0222. The Morgan fingerprint density at radius 3 is 2.92 bits per heavy atom. The van der Waals surface area contributed by atoms with Gasteiger partial charge in [0.05, 0.1) is 27.5 Å². The van der Waals surface area contributed by atoms with E-state index in [1.165, 1.54) is 17.5 Å². The van der Waals surface area contributed by atoms with Gasteiger partial charge in [-0.25, -0.2) is 9.67 Å². The number of carbonyl (C=O) groups is 1. The van der Waals surface area contributed by atoms with Crippen molar-refractivity contribution in [1.29, 1.82) is 0 Å². The first-order valence-electron chi connectivity index (χ1n) is 8.47. The molecule has 0 saturated heterocycles. The molecular weight excluding hydrogens is 320 g/mol. The van der Waals surface area contributed by atoms with Gasteiger partial charge in [-0.15, -0.1) is 11.3 Å². The van der Waals surface area contributed by atoms with E-state index in [4.69, 9.17) is 0 Å². The first-order chi connectivity index (χ1) is 11.8. The largest absolute Gasteiger partial charge is 0.311 e. The van der Waals surface area contributed by atoms with Crippen molar-refractivity contribution in [3.8, 4) is 0 Å². The summed E-state index contributed by atoms with van der Waals surface area (Å²) in [6.07, 6.45) is 7.66. The summed E-state index contributed by atoms with van der Waals surface area (Å²) in [5, 5.41) is 8.41. The van der Waals surface area contributed by atoms with Crippen LogP contribution in [0.25, 0.3) is 10.2 Å². The molecule has 2 heterocycles. The first-order valence-corrected chi connectivity index (χ1v) is 9.29. The Labute approximate surface area is 144 Å². The number of hydrogen-bond acceptors (Lipinski definition) is 4. The zero-order chi connectivity index (χ0) is 16.4. The Morgan fingerprint density at radius 2 is 2.08 bits per heavy atom. The molecule has 124 valence electrons. The van der Waals surface area contributed by atoms with E-state index in [9.17, 15) is 4.79 Å². The lowest BCUT2D eigenvalue weighted by Gasteiger charge is -2.14. The van der Waals surface area contributed by atoms with Gasteiger partial charge in [0.1, 0.15) is 5.82 Å². The molecule has 0 unspecified atom stereocenters. The minimum atomic E-state index is 0.0222. The van der Waals surface area contributed by atoms with Crippen LogP contribution in [0.5, 0.6) is 0 Å². The third-order valence-corrected chi connectivity index (χ3v) is 5.61. The van der Waals surface area contributed by atoms with E-state index in [0.717, 1.165) is 29.2 Å². The molecular formula is C18H20N4OS. The fourth-order valence-corrected chi connectivity index (χ4v) is 4.27. The lowest BCUT2D eigenvalue weighted by Crippen LogP contribution is -2.17. The number of amides is 1. The maximum Gasteiger partial charge on any atom is 0.225 e. The normalized spacial score (nSPS) is 15.2. The number of hydrogen-bond donors (Lipinski definition) is 1. The second-order valence-electron chi connectivity index (χ2n) is 6.22. The number of rotatable bonds is 5. The number of anilines is 1. The third-order valence-electron chi connectivity index (χ3n) is 4.51. The van der Waals surface area contributed by atoms with E-state index in [1.54, 1.807) is 17.5 Å². The van der Waals surface area contributed by atoms with Crippen LogP contribution in [0, 0.1) is 0 Å². The summed E-state index contributed by atoms with van der Waals surface area (Å²) in [6, 6.07) is 10.4. The maximum absolute atomic E-state index is 12.3. The fourth-order valence-electron chi connectivity index (χ4n) is 3.31. The van der Waals surface area contributed by atoms with Crippen molar-refractivity contribution in [3.63, 3.8) is 0 Å². The molecule has 3 aromatic rings. The Kier molecular flexibility index (Phi) is 4.30. The summed E-state index contributed by atoms with van der Waals surface area (Å²) in [6.45, 7) is 0. The van der Waals surface area contributed by atoms with E-state index in [0.29, 0.717) is 18.9 Å². The monoisotopic (exact) mass is 340 g/mol. The molecule has 1 saturated carbocycles. The van der Waals surface area contributed by atoms with E-state index < -0.39 is 0 Å². The molecule has 5 nitrogen and oxygen atoms in total. The van der Waals surface area contributed by atoms with Crippen LogP contribution in [-0.4, -0.2) is 20.7 Å². The van der Waals surface area contributed by atoms with Crippen LogP contribution >= 0.6 is 11.3 Å². The van der Waals surface area contributed by atoms with Gasteiger partial charge in [0.2, 0.25) is 5.91 Å². The average Bonchev–Trinajstić information content (AvgIpc) is 3.32. The number of aromatic nitrogens is 3. The van der Waals surface area contributed by atoms with Gasteiger partial charge in [-0.2, -0.15) is 5.10 Å². The van der Waals surface area contributed by atoms with Gasteiger partial charge in [-0.05, 0) is 25.0 Å². The molecule has 0 spiro atoms. The molecule has 1 N–H and O–H groups in total. The Balaban J connectivity index is 1.37. The number of fused-ring (bicyclic) bond motifs is 1. The number of nitrogens with zero attached hydrogens (tertiary/aromatic N) is 3. The molecule has 1 aliphatic carbocycles. The Hall–Kier alpha value is -2.21. The first kappa shape index (κ1) is 15.3. The molecule has 1 aliphatic rings. The summed E-state index contributed by atoms with van der Waals surface area (Å²) in [7, 11) is 0. The van der Waals surface area contributed by atoms with Gasteiger partial charge in [-0.3, -0.25) is 4.79 Å². The predicted octanol–water partition coefficient (Wildman–Crippen LogP) is 4.18. The van der Waals surface area contributed by atoms with Crippen molar-refractivity contribution in [2.45, 2.75) is 44.6 Å².